The van der Waals surface area contributed by atoms with Crippen LogP contribution in [0.15, 0.2) is 12.2 Å². The predicted molar refractivity (Wildman–Crippen MR) is 65.7 cm³/mol. The molecule has 88 valence electrons. The molecule has 0 saturated carbocycles. The average Bonchev–Trinajstić information content (AvgIpc) is 2.09. The Labute approximate surface area is 94.1 Å². The van der Waals surface area contributed by atoms with Crippen molar-refractivity contribution >= 4 is 5.91 Å². The number of rotatable bonds is 7. The van der Waals surface area contributed by atoms with E-state index in [9.17, 15) is 4.79 Å². The zero-order valence-corrected chi connectivity index (χ0v) is 10.5. The molecule has 0 aromatic heterocycles. The van der Waals surface area contributed by atoms with Crippen molar-refractivity contribution in [2.24, 2.45) is 5.92 Å². The van der Waals surface area contributed by atoms with E-state index in [4.69, 9.17) is 0 Å². The molecular weight excluding hydrogens is 186 g/mol. The van der Waals surface area contributed by atoms with Gasteiger partial charge in [0.05, 0.1) is 0 Å². The fourth-order valence-electron chi connectivity index (χ4n) is 1.26. The summed E-state index contributed by atoms with van der Waals surface area (Å²) in [5, 5.41) is 2.89. The SMILES string of the molecule is CC(C)C/C=C/CCCC(=O)NC(C)C. The molecule has 0 unspecified atom stereocenters. The fourth-order valence-corrected chi connectivity index (χ4v) is 1.26. The minimum atomic E-state index is 0.169. The van der Waals surface area contributed by atoms with Gasteiger partial charge >= 0.3 is 0 Å². The lowest BCUT2D eigenvalue weighted by molar-refractivity contribution is -0.121. The van der Waals surface area contributed by atoms with E-state index in [-0.39, 0.29) is 11.9 Å². The van der Waals surface area contributed by atoms with Crippen LogP contribution in [-0.4, -0.2) is 11.9 Å². The molecule has 0 atom stereocenters. The quantitative estimate of drug-likeness (QED) is 0.508. The van der Waals surface area contributed by atoms with Gasteiger partial charge in [0.2, 0.25) is 5.91 Å². The van der Waals surface area contributed by atoms with Crippen LogP contribution in [0.5, 0.6) is 0 Å². The largest absolute Gasteiger partial charge is 0.354 e. The molecule has 1 N–H and O–H groups in total. The van der Waals surface area contributed by atoms with E-state index in [1.54, 1.807) is 0 Å². The van der Waals surface area contributed by atoms with Crippen LogP contribution in [0.1, 0.15) is 53.4 Å². The van der Waals surface area contributed by atoms with Gasteiger partial charge in [0, 0.05) is 12.5 Å². The van der Waals surface area contributed by atoms with Gasteiger partial charge in [-0.3, -0.25) is 4.79 Å². The third-order valence-electron chi connectivity index (χ3n) is 2.00. The van der Waals surface area contributed by atoms with Crippen molar-refractivity contribution in [2.45, 2.75) is 59.4 Å². The van der Waals surface area contributed by atoms with Crippen molar-refractivity contribution < 1.29 is 4.79 Å². The van der Waals surface area contributed by atoms with Gasteiger partial charge in [0.25, 0.3) is 0 Å². The summed E-state index contributed by atoms with van der Waals surface area (Å²) in [5.41, 5.74) is 0. The summed E-state index contributed by atoms with van der Waals surface area (Å²) in [6.07, 6.45) is 8.14. The smallest absolute Gasteiger partial charge is 0.220 e. The molecule has 0 aliphatic heterocycles. The highest BCUT2D eigenvalue weighted by atomic mass is 16.1. The number of hydrogen-bond acceptors (Lipinski definition) is 1. The molecule has 0 aromatic carbocycles. The second-order valence-corrected chi connectivity index (χ2v) is 4.72. The van der Waals surface area contributed by atoms with E-state index < -0.39 is 0 Å². The van der Waals surface area contributed by atoms with Gasteiger partial charge in [-0.15, -0.1) is 0 Å². The summed E-state index contributed by atoms with van der Waals surface area (Å²) < 4.78 is 0. The Morgan fingerprint density at radius 1 is 1.20 bits per heavy atom. The Hall–Kier alpha value is -0.790. The molecule has 0 fully saturated rings. The summed E-state index contributed by atoms with van der Waals surface area (Å²) in [6, 6.07) is 0.258. The van der Waals surface area contributed by atoms with Crippen molar-refractivity contribution in [3.8, 4) is 0 Å². The van der Waals surface area contributed by atoms with Crippen LogP contribution in [0, 0.1) is 5.92 Å². The second kappa shape index (κ2) is 8.51. The average molecular weight is 211 g/mol. The maximum Gasteiger partial charge on any atom is 0.220 e. The van der Waals surface area contributed by atoms with E-state index in [1.807, 2.05) is 13.8 Å². The highest BCUT2D eigenvalue weighted by molar-refractivity contribution is 5.76. The number of carbonyl (C=O) groups is 1. The summed E-state index contributed by atoms with van der Waals surface area (Å²) in [5.74, 6) is 0.896. The number of amides is 1. The van der Waals surface area contributed by atoms with E-state index in [2.05, 4.69) is 31.3 Å². The molecule has 2 nitrogen and oxygen atoms in total. The second-order valence-electron chi connectivity index (χ2n) is 4.72. The van der Waals surface area contributed by atoms with Crippen molar-refractivity contribution in [3.63, 3.8) is 0 Å². The molecular formula is C13H25NO. The topological polar surface area (TPSA) is 29.1 Å². The van der Waals surface area contributed by atoms with Crippen LogP contribution in [0.4, 0.5) is 0 Å². The number of allylic oxidation sites excluding steroid dienone is 2. The maximum absolute atomic E-state index is 11.3. The lowest BCUT2D eigenvalue weighted by Crippen LogP contribution is -2.29. The highest BCUT2D eigenvalue weighted by Gasteiger charge is 2.01. The Bertz CT molecular complexity index is 195. The fraction of sp³-hybridized carbons (Fsp3) is 0.769. The Balaban J connectivity index is 3.38. The van der Waals surface area contributed by atoms with E-state index in [0.717, 1.165) is 25.2 Å². The van der Waals surface area contributed by atoms with E-state index in [0.29, 0.717) is 6.42 Å². The number of nitrogens with one attached hydrogen (secondary N) is 1. The standard InChI is InChI=1S/C13H25NO/c1-11(2)9-7-5-6-8-10-13(15)14-12(3)4/h5,7,11-12H,6,8-10H2,1-4H3,(H,14,15)/b7-5+. The third kappa shape index (κ3) is 11.1. The molecule has 0 aliphatic carbocycles. The first kappa shape index (κ1) is 14.2. The zero-order chi connectivity index (χ0) is 11.7. The lowest BCUT2D eigenvalue weighted by Gasteiger charge is -2.06. The van der Waals surface area contributed by atoms with Crippen LogP contribution in [0.2, 0.25) is 0 Å². The Morgan fingerprint density at radius 3 is 2.40 bits per heavy atom. The molecule has 0 aromatic rings. The molecule has 0 radical (unpaired) electrons. The van der Waals surface area contributed by atoms with Crippen molar-refractivity contribution in [1.82, 2.24) is 5.32 Å². The van der Waals surface area contributed by atoms with Gasteiger partial charge in [-0.05, 0) is 39.0 Å². The first-order valence-electron chi connectivity index (χ1n) is 5.96. The third-order valence-corrected chi connectivity index (χ3v) is 2.00. The molecule has 15 heavy (non-hydrogen) atoms. The van der Waals surface area contributed by atoms with Crippen LogP contribution >= 0.6 is 0 Å². The van der Waals surface area contributed by atoms with E-state index >= 15 is 0 Å². The molecule has 1 amide bonds. The lowest BCUT2D eigenvalue weighted by atomic mass is 10.1. The predicted octanol–water partition coefficient (Wildman–Crippen LogP) is 3.28. The molecule has 2 heteroatoms. The van der Waals surface area contributed by atoms with Gasteiger partial charge in [0.15, 0.2) is 0 Å². The molecule has 0 aliphatic rings. The van der Waals surface area contributed by atoms with Crippen LogP contribution < -0.4 is 5.32 Å². The molecule has 0 heterocycles. The van der Waals surface area contributed by atoms with Crippen LogP contribution in [0.25, 0.3) is 0 Å². The number of hydrogen-bond donors (Lipinski definition) is 1. The first-order chi connectivity index (χ1) is 7.02. The van der Waals surface area contributed by atoms with Gasteiger partial charge in [-0.25, -0.2) is 0 Å². The summed E-state index contributed by atoms with van der Waals surface area (Å²) >= 11 is 0. The monoisotopic (exact) mass is 211 g/mol. The van der Waals surface area contributed by atoms with Crippen molar-refractivity contribution in [2.75, 3.05) is 0 Å². The van der Waals surface area contributed by atoms with E-state index in [1.165, 1.54) is 0 Å². The summed E-state index contributed by atoms with van der Waals surface area (Å²) in [7, 11) is 0. The van der Waals surface area contributed by atoms with Crippen LogP contribution in [-0.2, 0) is 4.79 Å². The summed E-state index contributed by atoms with van der Waals surface area (Å²) in [4.78, 5) is 11.3. The Morgan fingerprint density at radius 2 is 1.87 bits per heavy atom. The summed E-state index contributed by atoms with van der Waals surface area (Å²) in [6.45, 7) is 8.39. The van der Waals surface area contributed by atoms with Gasteiger partial charge in [0.1, 0.15) is 0 Å². The van der Waals surface area contributed by atoms with Gasteiger partial charge in [-0.1, -0.05) is 26.0 Å². The maximum atomic E-state index is 11.3. The minimum absolute atomic E-state index is 0.169. The Kier molecular flexibility index (Phi) is 8.06. The molecule has 0 bridgehead atoms. The number of unbranched alkanes of at least 4 members (excludes halogenated alkanes) is 1. The van der Waals surface area contributed by atoms with Gasteiger partial charge in [-0.2, -0.15) is 0 Å². The normalized spacial score (nSPS) is 11.6. The van der Waals surface area contributed by atoms with Crippen molar-refractivity contribution in [1.29, 1.82) is 0 Å². The molecule has 0 saturated heterocycles. The molecule has 0 rings (SSSR count). The first-order valence-corrected chi connectivity index (χ1v) is 5.96. The molecule has 0 spiro atoms. The number of carbonyl (C=O) groups excluding carboxylic acids is 1. The van der Waals surface area contributed by atoms with Crippen LogP contribution in [0.3, 0.4) is 0 Å². The zero-order valence-electron chi connectivity index (χ0n) is 10.5. The highest BCUT2D eigenvalue weighted by Crippen LogP contribution is 2.03. The minimum Gasteiger partial charge on any atom is -0.354 e. The van der Waals surface area contributed by atoms with Gasteiger partial charge < -0.3 is 5.32 Å². The van der Waals surface area contributed by atoms with Crippen molar-refractivity contribution in [3.05, 3.63) is 12.2 Å².